The number of aryl methyl sites for hydroxylation is 3. The summed E-state index contributed by atoms with van der Waals surface area (Å²) in [5, 5.41) is 3.80. The Kier molecular flexibility index (Phi) is 5.26. The molecule has 7 heteroatoms. The largest absolute Gasteiger partial charge is 0.324 e. The molecule has 0 spiro atoms. The van der Waals surface area contributed by atoms with Crippen LogP contribution in [-0.2, 0) is 11.3 Å². The molecule has 0 bridgehead atoms. The minimum Gasteiger partial charge on any atom is -0.324 e. The van der Waals surface area contributed by atoms with E-state index in [1.165, 1.54) is 22.2 Å². The molecule has 0 fully saturated rings. The molecule has 6 nitrogen and oxygen atoms in total. The Labute approximate surface area is 194 Å². The van der Waals surface area contributed by atoms with E-state index in [0.717, 1.165) is 43.9 Å². The second-order valence-electron chi connectivity index (χ2n) is 8.13. The fourth-order valence-corrected chi connectivity index (χ4v) is 5.24. The van der Waals surface area contributed by atoms with Crippen molar-refractivity contribution in [3.63, 3.8) is 0 Å². The molecule has 0 saturated carbocycles. The molecule has 5 rings (SSSR count). The van der Waals surface area contributed by atoms with Gasteiger partial charge >= 0.3 is 0 Å². The molecular formula is C26H22N4O2S. The molecule has 0 unspecified atom stereocenters. The highest BCUT2D eigenvalue weighted by Crippen LogP contribution is 2.37. The van der Waals surface area contributed by atoms with E-state index in [-0.39, 0.29) is 18.0 Å². The smallest absolute Gasteiger partial charge is 0.271 e. The Morgan fingerprint density at radius 3 is 2.48 bits per heavy atom. The molecule has 0 atom stereocenters. The van der Waals surface area contributed by atoms with Gasteiger partial charge in [-0.3, -0.25) is 14.2 Å². The maximum Gasteiger partial charge on any atom is 0.271 e. The number of aromatic nitrogens is 3. The summed E-state index contributed by atoms with van der Waals surface area (Å²) in [6.07, 6.45) is 1.45. The van der Waals surface area contributed by atoms with Crippen molar-refractivity contribution in [1.82, 2.24) is 14.5 Å². The van der Waals surface area contributed by atoms with E-state index in [4.69, 9.17) is 0 Å². The fourth-order valence-electron chi connectivity index (χ4n) is 4.09. The van der Waals surface area contributed by atoms with E-state index >= 15 is 0 Å². The lowest BCUT2D eigenvalue weighted by atomic mass is 10.0. The van der Waals surface area contributed by atoms with E-state index in [0.29, 0.717) is 10.2 Å². The van der Waals surface area contributed by atoms with Gasteiger partial charge in [-0.2, -0.15) is 0 Å². The van der Waals surface area contributed by atoms with Gasteiger partial charge in [0, 0.05) is 16.8 Å². The summed E-state index contributed by atoms with van der Waals surface area (Å²) in [4.78, 5) is 36.0. The average molecular weight is 455 g/mol. The molecule has 0 saturated heterocycles. The zero-order chi connectivity index (χ0) is 23.1. The van der Waals surface area contributed by atoms with Gasteiger partial charge in [0.2, 0.25) is 5.91 Å². The molecule has 33 heavy (non-hydrogen) atoms. The maximum absolute atomic E-state index is 13.3. The van der Waals surface area contributed by atoms with E-state index in [1.54, 1.807) is 0 Å². The molecule has 0 radical (unpaired) electrons. The first-order valence-corrected chi connectivity index (χ1v) is 11.4. The zero-order valence-electron chi connectivity index (χ0n) is 18.5. The molecule has 3 heterocycles. The number of nitrogens with one attached hydrogen (secondary N) is 1. The van der Waals surface area contributed by atoms with Gasteiger partial charge in [0.1, 0.15) is 16.1 Å². The van der Waals surface area contributed by atoms with Gasteiger partial charge < -0.3 is 5.32 Å². The van der Waals surface area contributed by atoms with Crippen molar-refractivity contribution in [1.29, 1.82) is 0 Å². The minimum absolute atomic E-state index is 0.109. The molecule has 0 aliphatic heterocycles. The van der Waals surface area contributed by atoms with Crippen molar-refractivity contribution in [2.75, 3.05) is 5.32 Å². The highest BCUT2D eigenvalue weighted by atomic mass is 32.1. The Bertz CT molecular complexity index is 1570. The van der Waals surface area contributed by atoms with Crippen LogP contribution in [0.5, 0.6) is 0 Å². The predicted molar refractivity (Wildman–Crippen MR) is 134 cm³/mol. The zero-order valence-corrected chi connectivity index (χ0v) is 19.4. The summed E-state index contributed by atoms with van der Waals surface area (Å²) in [7, 11) is 0. The van der Waals surface area contributed by atoms with Gasteiger partial charge in [-0.25, -0.2) is 9.97 Å². The van der Waals surface area contributed by atoms with Crippen molar-refractivity contribution >= 4 is 43.4 Å². The first-order chi connectivity index (χ1) is 15.9. The Hall–Kier alpha value is -3.84. The first kappa shape index (κ1) is 21.0. The number of rotatable bonds is 4. The van der Waals surface area contributed by atoms with Crippen LogP contribution < -0.4 is 10.9 Å². The van der Waals surface area contributed by atoms with Crippen LogP contribution in [-0.4, -0.2) is 20.4 Å². The summed E-state index contributed by atoms with van der Waals surface area (Å²) in [5.41, 5.74) is 6.04. The molecule has 3 aromatic heterocycles. The number of pyridine rings is 1. The first-order valence-electron chi connectivity index (χ1n) is 10.6. The number of hydrogen-bond acceptors (Lipinski definition) is 5. The van der Waals surface area contributed by atoms with Crippen molar-refractivity contribution in [2.45, 2.75) is 27.3 Å². The van der Waals surface area contributed by atoms with Crippen LogP contribution in [0.2, 0.25) is 0 Å². The summed E-state index contributed by atoms with van der Waals surface area (Å²) in [6, 6.07) is 17.9. The van der Waals surface area contributed by atoms with E-state index in [9.17, 15) is 9.59 Å². The Morgan fingerprint density at radius 2 is 1.76 bits per heavy atom. The van der Waals surface area contributed by atoms with Gasteiger partial charge in [0.05, 0.1) is 11.8 Å². The number of thiophene rings is 1. The number of carbonyl (C=O) groups is 1. The van der Waals surface area contributed by atoms with Crippen LogP contribution in [0.1, 0.15) is 16.8 Å². The second kappa shape index (κ2) is 8.26. The monoisotopic (exact) mass is 454 g/mol. The number of amides is 1. The number of benzene rings is 2. The lowest BCUT2D eigenvalue weighted by molar-refractivity contribution is -0.116. The second-order valence-corrected chi connectivity index (χ2v) is 9.13. The van der Waals surface area contributed by atoms with Crippen molar-refractivity contribution in [2.24, 2.45) is 0 Å². The third kappa shape index (κ3) is 3.81. The van der Waals surface area contributed by atoms with Crippen LogP contribution in [0.4, 0.5) is 5.69 Å². The molecule has 5 aromatic rings. The molecule has 0 aliphatic carbocycles. The molecule has 2 aromatic carbocycles. The molecule has 1 N–H and O–H groups in total. The third-order valence-electron chi connectivity index (χ3n) is 5.69. The number of anilines is 1. The summed E-state index contributed by atoms with van der Waals surface area (Å²) < 4.78 is 1.86. The predicted octanol–water partition coefficient (Wildman–Crippen LogP) is 5.24. The summed E-state index contributed by atoms with van der Waals surface area (Å²) in [6.45, 7) is 5.72. The normalized spacial score (nSPS) is 11.2. The summed E-state index contributed by atoms with van der Waals surface area (Å²) in [5.74, 6) is -0.268. The Morgan fingerprint density at radius 1 is 1.03 bits per heavy atom. The quantitative estimate of drug-likeness (QED) is 0.403. The van der Waals surface area contributed by atoms with Crippen LogP contribution >= 0.6 is 11.3 Å². The number of hydrogen-bond donors (Lipinski definition) is 1. The van der Waals surface area contributed by atoms with Gasteiger partial charge in [0.15, 0.2) is 0 Å². The topological polar surface area (TPSA) is 76.9 Å². The van der Waals surface area contributed by atoms with E-state index in [2.05, 4.69) is 15.3 Å². The summed E-state index contributed by atoms with van der Waals surface area (Å²) >= 11 is 1.32. The number of nitrogens with zero attached hydrogens (tertiary/aromatic N) is 3. The van der Waals surface area contributed by atoms with Crippen molar-refractivity contribution in [3.8, 4) is 11.1 Å². The van der Waals surface area contributed by atoms with Gasteiger partial charge in [0.25, 0.3) is 5.56 Å². The van der Waals surface area contributed by atoms with Gasteiger partial charge in [-0.05, 0) is 49.1 Å². The number of carbonyl (C=O) groups excluding carboxylic acids is 1. The molecule has 1 amide bonds. The lowest BCUT2D eigenvalue weighted by Crippen LogP contribution is -2.27. The van der Waals surface area contributed by atoms with Crippen molar-refractivity contribution in [3.05, 3.63) is 88.1 Å². The maximum atomic E-state index is 13.3. The van der Waals surface area contributed by atoms with Crippen molar-refractivity contribution < 1.29 is 4.79 Å². The molecule has 0 aliphatic rings. The minimum atomic E-state index is -0.268. The highest BCUT2D eigenvalue weighted by Gasteiger charge is 2.18. The highest BCUT2D eigenvalue weighted by molar-refractivity contribution is 7.25. The Balaban J connectivity index is 1.57. The lowest BCUT2D eigenvalue weighted by Gasteiger charge is -2.12. The standard InChI is InChI=1S/C26H22N4O2S/c1-15-8-7-9-16(2)22(15)29-20(31)13-30-14-27-23-21-19(18-10-5-4-6-11-18)12-17(3)28-25(21)33-24(23)26(30)32/h4-12,14H,13H2,1-3H3,(H,29,31). The van der Waals surface area contributed by atoms with Gasteiger partial charge in [-0.1, -0.05) is 48.5 Å². The molecular weight excluding hydrogens is 432 g/mol. The number of para-hydroxylation sites is 1. The van der Waals surface area contributed by atoms with Gasteiger partial charge in [-0.15, -0.1) is 11.3 Å². The van der Waals surface area contributed by atoms with Crippen LogP contribution in [0.15, 0.2) is 65.7 Å². The van der Waals surface area contributed by atoms with E-state index < -0.39 is 0 Å². The SMILES string of the molecule is Cc1cc(-c2ccccc2)c2c(n1)sc1c(=O)n(CC(=O)Nc3c(C)cccc3C)cnc12. The van der Waals surface area contributed by atoms with Crippen LogP contribution in [0.25, 0.3) is 31.6 Å². The number of fused-ring (bicyclic) bond motifs is 3. The van der Waals surface area contributed by atoms with Crippen LogP contribution in [0.3, 0.4) is 0 Å². The fraction of sp³-hybridized carbons (Fsp3) is 0.154. The third-order valence-corrected chi connectivity index (χ3v) is 6.75. The average Bonchev–Trinajstić information content (AvgIpc) is 3.17. The molecule has 164 valence electrons. The van der Waals surface area contributed by atoms with E-state index in [1.807, 2.05) is 75.4 Å². The van der Waals surface area contributed by atoms with Crippen LogP contribution in [0, 0.1) is 20.8 Å².